The summed E-state index contributed by atoms with van der Waals surface area (Å²) in [5.41, 5.74) is 2.76. The van der Waals surface area contributed by atoms with Gasteiger partial charge in [-0.3, -0.25) is 4.79 Å². The lowest BCUT2D eigenvalue weighted by atomic mass is 9.96. The van der Waals surface area contributed by atoms with Crippen molar-refractivity contribution >= 4 is 11.6 Å². The first-order valence-electron chi connectivity index (χ1n) is 6.35. The lowest BCUT2D eigenvalue weighted by molar-refractivity contribution is -0.114. The highest BCUT2D eigenvalue weighted by molar-refractivity contribution is 5.89. The van der Waals surface area contributed by atoms with Crippen LogP contribution in [0.4, 0.5) is 5.69 Å². The van der Waals surface area contributed by atoms with Crippen molar-refractivity contribution in [2.75, 3.05) is 5.32 Å². The second-order valence-electron chi connectivity index (χ2n) is 4.54. The molecule has 0 aliphatic heterocycles. The number of carbonyl (C=O) groups excluding carboxylic acids is 1. The monoisotopic (exact) mass is 286 g/mol. The van der Waals surface area contributed by atoms with E-state index in [1.54, 1.807) is 36.4 Å². The average Bonchev–Trinajstić information content (AvgIpc) is 2.53. The lowest BCUT2D eigenvalue weighted by Crippen LogP contribution is -2.05. The number of hydrogen-bond donors (Lipinski definition) is 1. The molecule has 0 saturated carbocycles. The minimum absolute atomic E-state index is 0.221. The molecule has 0 aromatic heterocycles. The Morgan fingerprint density at radius 1 is 0.909 bits per heavy atom. The summed E-state index contributed by atoms with van der Waals surface area (Å²) in [7, 11) is 0. The van der Waals surface area contributed by atoms with Crippen molar-refractivity contribution in [3.05, 3.63) is 53.1 Å². The molecule has 5 nitrogen and oxygen atoms in total. The summed E-state index contributed by atoms with van der Waals surface area (Å²) in [5.74, 6) is -0.221. The highest BCUT2D eigenvalue weighted by Crippen LogP contribution is 2.27. The summed E-state index contributed by atoms with van der Waals surface area (Å²) in [5, 5.41) is 29.9. The zero-order valence-electron chi connectivity index (χ0n) is 11.7. The molecule has 0 aliphatic carbocycles. The molecule has 0 fully saturated rings. The van der Waals surface area contributed by atoms with Crippen molar-refractivity contribution in [2.24, 2.45) is 0 Å². The van der Waals surface area contributed by atoms with E-state index in [2.05, 4.69) is 11.4 Å². The van der Waals surface area contributed by atoms with E-state index >= 15 is 0 Å². The third-order valence-electron chi connectivity index (χ3n) is 3.03. The SMILES string of the molecule is CC(=O)Nc1ccc(-c2ccc(C#N)c(C#N)c2)c(C#N)c1. The van der Waals surface area contributed by atoms with E-state index in [9.17, 15) is 10.1 Å². The molecule has 0 saturated heterocycles. The smallest absolute Gasteiger partial charge is 0.221 e. The van der Waals surface area contributed by atoms with Crippen LogP contribution in [0.25, 0.3) is 11.1 Å². The molecule has 1 amide bonds. The average molecular weight is 286 g/mol. The van der Waals surface area contributed by atoms with E-state index in [4.69, 9.17) is 10.5 Å². The van der Waals surface area contributed by atoms with Gasteiger partial charge in [-0.2, -0.15) is 15.8 Å². The zero-order valence-corrected chi connectivity index (χ0v) is 11.7. The second-order valence-corrected chi connectivity index (χ2v) is 4.54. The van der Waals surface area contributed by atoms with Crippen LogP contribution in [0.5, 0.6) is 0 Å². The molecule has 104 valence electrons. The quantitative estimate of drug-likeness (QED) is 0.917. The van der Waals surface area contributed by atoms with Crippen molar-refractivity contribution < 1.29 is 4.79 Å². The first-order chi connectivity index (χ1) is 10.6. The van der Waals surface area contributed by atoms with Gasteiger partial charge in [0.1, 0.15) is 12.1 Å². The Hall–Kier alpha value is -3.62. The van der Waals surface area contributed by atoms with Gasteiger partial charge in [0.15, 0.2) is 0 Å². The Balaban J connectivity index is 2.54. The Morgan fingerprint density at radius 2 is 1.59 bits per heavy atom. The van der Waals surface area contributed by atoms with Crippen molar-refractivity contribution in [1.29, 1.82) is 15.8 Å². The number of anilines is 1. The Labute approximate surface area is 127 Å². The minimum Gasteiger partial charge on any atom is -0.326 e. The Kier molecular flexibility index (Phi) is 4.18. The number of benzene rings is 2. The third kappa shape index (κ3) is 2.93. The van der Waals surface area contributed by atoms with Crippen LogP contribution >= 0.6 is 0 Å². The van der Waals surface area contributed by atoms with E-state index in [0.717, 1.165) is 0 Å². The van der Waals surface area contributed by atoms with Gasteiger partial charge in [-0.1, -0.05) is 12.1 Å². The summed E-state index contributed by atoms with van der Waals surface area (Å²) in [4.78, 5) is 11.1. The molecule has 22 heavy (non-hydrogen) atoms. The van der Waals surface area contributed by atoms with Gasteiger partial charge < -0.3 is 5.32 Å². The molecule has 0 spiro atoms. The third-order valence-corrected chi connectivity index (χ3v) is 3.03. The van der Waals surface area contributed by atoms with Crippen LogP contribution in [0.2, 0.25) is 0 Å². The van der Waals surface area contributed by atoms with Crippen LogP contribution < -0.4 is 5.32 Å². The molecule has 0 bridgehead atoms. The highest BCUT2D eigenvalue weighted by Gasteiger charge is 2.10. The van der Waals surface area contributed by atoms with Crippen LogP contribution in [0.1, 0.15) is 23.6 Å². The van der Waals surface area contributed by atoms with E-state index in [1.807, 2.05) is 12.1 Å². The van der Waals surface area contributed by atoms with Gasteiger partial charge in [0.2, 0.25) is 5.91 Å². The largest absolute Gasteiger partial charge is 0.326 e. The van der Waals surface area contributed by atoms with Crippen LogP contribution in [0, 0.1) is 34.0 Å². The molecule has 2 aromatic carbocycles. The van der Waals surface area contributed by atoms with Crippen LogP contribution in [0.3, 0.4) is 0 Å². The number of nitrogens with zero attached hydrogens (tertiary/aromatic N) is 3. The van der Waals surface area contributed by atoms with Gasteiger partial charge in [-0.25, -0.2) is 0 Å². The van der Waals surface area contributed by atoms with E-state index in [0.29, 0.717) is 27.9 Å². The summed E-state index contributed by atoms with van der Waals surface area (Å²) in [6.45, 7) is 1.39. The van der Waals surface area contributed by atoms with Crippen molar-refractivity contribution in [1.82, 2.24) is 0 Å². The number of rotatable bonds is 2. The Bertz CT molecular complexity index is 879. The summed E-state index contributed by atoms with van der Waals surface area (Å²) < 4.78 is 0. The van der Waals surface area contributed by atoms with Gasteiger partial charge in [0, 0.05) is 12.6 Å². The topological polar surface area (TPSA) is 100 Å². The second kappa shape index (κ2) is 6.22. The standard InChI is InChI=1S/C17H10N4O/c1-11(22)21-16-4-5-17(15(7-16)10-20)12-2-3-13(8-18)14(6-12)9-19/h2-7H,1H3,(H,21,22). The predicted molar refractivity (Wildman–Crippen MR) is 80.3 cm³/mol. The molecule has 1 N–H and O–H groups in total. The van der Waals surface area contributed by atoms with Gasteiger partial charge in [0.25, 0.3) is 0 Å². The van der Waals surface area contributed by atoms with Crippen molar-refractivity contribution in [3.63, 3.8) is 0 Å². The summed E-state index contributed by atoms with van der Waals surface area (Å²) in [6.07, 6.45) is 0. The van der Waals surface area contributed by atoms with E-state index < -0.39 is 0 Å². The van der Waals surface area contributed by atoms with Gasteiger partial charge in [-0.15, -0.1) is 0 Å². The molecule has 2 rings (SSSR count). The number of amides is 1. The lowest BCUT2D eigenvalue weighted by Gasteiger charge is -2.08. The maximum atomic E-state index is 11.1. The van der Waals surface area contributed by atoms with Crippen molar-refractivity contribution in [3.8, 4) is 29.3 Å². The van der Waals surface area contributed by atoms with Crippen molar-refractivity contribution in [2.45, 2.75) is 6.92 Å². The molecule has 5 heteroatoms. The molecule has 2 aromatic rings. The number of nitriles is 3. The minimum atomic E-state index is -0.221. The van der Waals surface area contributed by atoms with Crippen LogP contribution in [0.15, 0.2) is 36.4 Å². The maximum absolute atomic E-state index is 11.1. The fraction of sp³-hybridized carbons (Fsp3) is 0.0588. The molecule has 0 unspecified atom stereocenters. The Morgan fingerprint density at radius 3 is 2.18 bits per heavy atom. The predicted octanol–water partition coefficient (Wildman–Crippen LogP) is 2.93. The fourth-order valence-corrected chi connectivity index (χ4v) is 2.07. The number of carbonyl (C=O) groups is 1. The molecule has 0 heterocycles. The number of nitrogens with one attached hydrogen (secondary N) is 1. The molecule has 0 radical (unpaired) electrons. The molecule has 0 atom stereocenters. The molecular formula is C17H10N4O. The van der Waals surface area contributed by atoms with Gasteiger partial charge >= 0.3 is 0 Å². The van der Waals surface area contributed by atoms with Crippen LogP contribution in [-0.4, -0.2) is 5.91 Å². The summed E-state index contributed by atoms with van der Waals surface area (Å²) >= 11 is 0. The fourth-order valence-electron chi connectivity index (χ4n) is 2.07. The van der Waals surface area contributed by atoms with E-state index in [1.165, 1.54) is 6.92 Å². The molecular weight excluding hydrogens is 276 g/mol. The van der Waals surface area contributed by atoms with Crippen LogP contribution in [-0.2, 0) is 4.79 Å². The highest BCUT2D eigenvalue weighted by atomic mass is 16.1. The normalized spacial score (nSPS) is 9.18. The van der Waals surface area contributed by atoms with Gasteiger partial charge in [0.05, 0.1) is 22.8 Å². The van der Waals surface area contributed by atoms with Gasteiger partial charge in [-0.05, 0) is 35.4 Å². The molecule has 0 aliphatic rings. The first kappa shape index (κ1) is 14.8. The first-order valence-corrected chi connectivity index (χ1v) is 6.35. The maximum Gasteiger partial charge on any atom is 0.221 e. The summed E-state index contributed by atoms with van der Waals surface area (Å²) in [6, 6.07) is 15.8. The number of hydrogen-bond acceptors (Lipinski definition) is 4. The van der Waals surface area contributed by atoms with E-state index in [-0.39, 0.29) is 11.5 Å². The zero-order chi connectivity index (χ0) is 16.1.